The van der Waals surface area contributed by atoms with Gasteiger partial charge in [-0.25, -0.2) is 0 Å². The maximum absolute atomic E-state index is 13.3. The molecule has 5 heteroatoms. The highest BCUT2D eigenvalue weighted by molar-refractivity contribution is 6.36. The number of hydrogen-bond acceptors (Lipinski definition) is 4. The number of benzene rings is 1. The molecule has 1 unspecified atom stereocenters. The molecular weight excluding hydrogens is 340 g/mol. The van der Waals surface area contributed by atoms with E-state index in [-0.39, 0.29) is 11.8 Å². The van der Waals surface area contributed by atoms with Gasteiger partial charge >= 0.3 is 0 Å². The maximum Gasteiger partial charge on any atom is 0.277 e. The Morgan fingerprint density at radius 1 is 1.15 bits per heavy atom. The summed E-state index contributed by atoms with van der Waals surface area (Å²) < 4.78 is 5.50. The number of methoxy groups -OCH3 is 1. The smallest absolute Gasteiger partial charge is 0.277 e. The number of carbonyl (C=O) groups is 2. The van der Waals surface area contributed by atoms with Crippen LogP contribution in [-0.2, 0) is 9.59 Å². The fourth-order valence-corrected chi connectivity index (χ4v) is 4.07. The molecule has 5 nitrogen and oxygen atoms in total. The van der Waals surface area contributed by atoms with Crippen LogP contribution < -0.4 is 4.74 Å². The molecular formula is C22H30N2O3. The lowest BCUT2D eigenvalue weighted by atomic mass is 9.97. The van der Waals surface area contributed by atoms with Crippen molar-refractivity contribution < 1.29 is 14.3 Å². The first-order valence-electron chi connectivity index (χ1n) is 10.1. The van der Waals surface area contributed by atoms with Crippen LogP contribution in [0.1, 0.15) is 51.5 Å². The molecule has 2 amide bonds. The number of rotatable bonds is 7. The van der Waals surface area contributed by atoms with E-state index in [0.717, 1.165) is 45.2 Å². The van der Waals surface area contributed by atoms with Crippen LogP contribution in [0.4, 0.5) is 0 Å². The number of hydrogen-bond donors (Lipinski definition) is 0. The lowest BCUT2D eigenvalue weighted by Crippen LogP contribution is -2.39. The van der Waals surface area contributed by atoms with Crippen LogP contribution in [0.2, 0.25) is 0 Å². The van der Waals surface area contributed by atoms with Crippen LogP contribution in [-0.4, -0.2) is 48.4 Å². The summed E-state index contributed by atoms with van der Waals surface area (Å²) in [5.41, 5.74) is 1.78. The summed E-state index contributed by atoms with van der Waals surface area (Å²) in [5.74, 6) is 0.814. The van der Waals surface area contributed by atoms with Gasteiger partial charge in [0, 0.05) is 25.2 Å². The van der Waals surface area contributed by atoms with Crippen LogP contribution in [0.5, 0.6) is 5.75 Å². The summed E-state index contributed by atoms with van der Waals surface area (Å²) >= 11 is 0. The van der Waals surface area contributed by atoms with Crippen LogP contribution >= 0.6 is 0 Å². The minimum Gasteiger partial charge on any atom is -0.496 e. The highest BCUT2D eigenvalue weighted by Crippen LogP contribution is 2.37. The highest BCUT2D eigenvalue weighted by atomic mass is 16.5. The molecule has 1 aromatic rings. The first-order chi connectivity index (χ1) is 13.1. The average Bonchev–Trinajstić information content (AvgIpc) is 2.92. The van der Waals surface area contributed by atoms with Crippen LogP contribution in [0.3, 0.4) is 0 Å². The normalized spacial score (nSPS) is 20.6. The van der Waals surface area contributed by atoms with Gasteiger partial charge in [-0.05, 0) is 31.2 Å². The predicted octanol–water partition coefficient (Wildman–Crippen LogP) is 3.70. The summed E-state index contributed by atoms with van der Waals surface area (Å²) in [6.45, 7) is 6.44. The molecule has 0 aliphatic carbocycles. The van der Waals surface area contributed by atoms with Crippen molar-refractivity contribution in [3.05, 3.63) is 35.5 Å². The summed E-state index contributed by atoms with van der Waals surface area (Å²) in [6.07, 6.45) is 5.12. The average molecular weight is 370 g/mol. The summed E-state index contributed by atoms with van der Waals surface area (Å²) in [5, 5.41) is 0. The molecule has 1 fully saturated rings. The number of para-hydroxylation sites is 1. The number of unbranched alkanes of at least 4 members (excludes halogenated alkanes) is 2. The largest absolute Gasteiger partial charge is 0.496 e. The van der Waals surface area contributed by atoms with E-state index in [2.05, 4.69) is 18.7 Å². The number of ether oxygens (including phenoxy) is 1. The van der Waals surface area contributed by atoms with E-state index in [0.29, 0.717) is 35.0 Å². The number of nitrogens with zero attached hydrogens (tertiary/aromatic N) is 2. The molecule has 0 bridgehead atoms. The summed E-state index contributed by atoms with van der Waals surface area (Å²) in [4.78, 5) is 30.1. The molecule has 1 saturated heterocycles. The van der Waals surface area contributed by atoms with E-state index in [1.54, 1.807) is 7.11 Å². The fourth-order valence-electron chi connectivity index (χ4n) is 4.07. The van der Waals surface area contributed by atoms with Gasteiger partial charge in [0.25, 0.3) is 11.8 Å². The first-order valence-corrected chi connectivity index (χ1v) is 10.1. The molecule has 0 radical (unpaired) electrons. The summed E-state index contributed by atoms with van der Waals surface area (Å²) in [6, 6.07) is 7.49. The van der Waals surface area contributed by atoms with Crippen LogP contribution in [0.25, 0.3) is 5.57 Å². The molecule has 1 atom stereocenters. The van der Waals surface area contributed by atoms with E-state index < -0.39 is 0 Å². The van der Waals surface area contributed by atoms with Crippen molar-refractivity contribution in [3.8, 4) is 5.75 Å². The first kappa shape index (κ1) is 19.5. The second-order valence-corrected chi connectivity index (χ2v) is 7.59. The Kier molecular flexibility index (Phi) is 6.19. The van der Waals surface area contributed by atoms with Crippen LogP contribution in [0, 0.1) is 5.92 Å². The van der Waals surface area contributed by atoms with Crippen molar-refractivity contribution in [2.24, 2.45) is 5.92 Å². The topological polar surface area (TPSA) is 49.9 Å². The van der Waals surface area contributed by atoms with Gasteiger partial charge < -0.3 is 9.64 Å². The fraction of sp³-hybridized carbons (Fsp3) is 0.545. The Morgan fingerprint density at radius 2 is 1.93 bits per heavy atom. The van der Waals surface area contributed by atoms with Gasteiger partial charge in [0.1, 0.15) is 11.4 Å². The zero-order valence-electron chi connectivity index (χ0n) is 16.7. The zero-order chi connectivity index (χ0) is 19.4. The van der Waals surface area contributed by atoms with Gasteiger partial charge in [0.05, 0.1) is 12.7 Å². The van der Waals surface area contributed by atoms with Gasteiger partial charge in [0.15, 0.2) is 0 Å². The molecule has 2 aliphatic heterocycles. The molecule has 0 saturated carbocycles. The van der Waals surface area contributed by atoms with Crippen molar-refractivity contribution in [1.29, 1.82) is 0 Å². The van der Waals surface area contributed by atoms with Gasteiger partial charge in [-0.3, -0.25) is 14.5 Å². The number of imide groups is 1. The van der Waals surface area contributed by atoms with E-state index in [4.69, 9.17) is 4.74 Å². The van der Waals surface area contributed by atoms with E-state index in [1.165, 1.54) is 4.90 Å². The lowest BCUT2D eigenvalue weighted by molar-refractivity contribution is -0.137. The lowest BCUT2D eigenvalue weighted by Gasteiger charge is -2.33. The van der Waals surface area contributed by atoms with Gasteiger partial charge in [0.2, 0.25) is 0 Å². The monoisotopic (exact) mass is 370 g/mol. The van der Waals surface area contributed by atoms with E-state index >= 15 is 0 Å². The minimum absolute atomic E-state index is 0.147. The van der Waals surface area contributed by atoms with Crippen molar-refractivity contribution in [3.63, 3.8) is 0 Å². The van der Waals surface area contributed by atoms with Crippen molar-refractivity contribution in [2.45, 2.75) is 46.0 Å². The summed E-state index contributed by atoms with van der Waals surface area (Å²) in [7, 11) is 1.60. The van der Waals surface area contributed by atoms with Gasteiger partial charge in [-0.2, -0.15) is 0 Å². The molecule has 3 rings (SSSR count). The molecule has 146 valence electrons. The van der Waals surface area contributed by atoms with Crippen molar-refractivity contribution >= 4 is 17.4 Å². The van der Waals surface area contributed by atoms with Gasteiger partial charge in [-0.1, -0.05) is 44.9 Å². The molecule has 1 aromatic carbocycles. The maximum atomic E-state index is 13.3. The zero-order valence-corrected chi connectivity index (χ0v) is 16.7. The quantitative estimate of drug-likeness (QED) is 0.542. The third-order valence-electron chi connectivity index (χ3n) is 5.48. The molecule has 2 aliphatic rings. The Hall–Kier alpha value is -2.30. The third kappa shape index (κ3) is 3.87. The van der Waals surface area contributed by atoms with Gasteiger partial charge in [-0.15, -0.1) is 0 Å². The van der Waals surface area contributed by atoms with E-state index in [9.17, 15) is 9.59 Å². The number of piperidine rings is 1. The molecule has 0 spiro atoms. The third-order valence-corrected chi connectivity index (χ3v) is 5.48. The van der Waals surface area contributed by atoms with Crippen molar-refractivity contribution in [2.75, 3.05) is 26.7 Å². The predicted molar refractivity (Wildman–Crippen MR) is 106 cm³/mol. The number of likely N-dealkylation sites (tertiary alicyclic amines) is 1. The number of carbonyl (C=O) groups excluding carboxylic acids is 2. The number of amides is 2. The molecule has 2 heterocycles. The molecule has 27 heavy (non-hydrogen) atoms. The Morgan fingerprint density at radius 3 is 2.63 bits per heavy atom. The minimum atomic E-state index is -0.186. The second kappa shape index (κ2) is 8.59. The molecule has 0 N–H and O–H groups in total. The van der Waals surface area contributed by atoms with Crippen molar-refractivity contribution in [1.82, 2.24) is 9.80 Å². The SMILES string of the molecule is CCCCCN1C(=O)C(c2ccccc2OC)=C(N2CCCC(C)C2)C1=O. The Labute approximate surface area is 162 Å². The highest BCUT2D eigenvalue weighted by Gasteiger charge is 2.42. The molecule has 0 aromatic heterocycles. The standard InChI is InChI=1S/C22H30N2O3/c1-4-5-8-14-24-21(25)19(17-11-6-7-12-18(17)27-3)20(22(24)26)23-13-9-10-16(2)15-23/h6-7,11-12,16H,4-5,8-10,13-15H2,1-3H3. The Bertz CT molecular complexity index is 741. The van der Waals surface area contributed by atoms with Crippen LogP contribution in [0.15, 0.2) is 30.0 Å². The second-order valence-electron chi connectivity index (χ2n) is 7.59. The van der Waals surface area contributed by atoms with E-state index in [1.807, 2.05) is 24.3 Å². The Balaban J connectivity index is 2.03.